The van der Waals surface area contributed by atoms with Gasteiger partial charge in [-0.2, -0.15) is 8.78 Å². The molecule has 31 heavy (non-hydrogen) atoms. The summed E-state index contributed by atoms with van der Waals surface area (Å²) in [6.07, 6.45) is 2.60. The number of hydrogen-bond acceptors (Lipinski definition) is 7. The molecule has 0 bridgehead atoms. The molecule has 0 saturated heterocycles. The Morgan fingerprint density at radius 1 is 1.06 bits per heavy atom. The van der Waals surface area contributed by atoms with Crippen LogP contribution in [0.5, 0.6) is 17.2 Å². The molecule has 0 saturated carbocycles. The second kappa shape index (κ2) is 9.75. The Hall–Kier alpha value is -3.88. The molecule has 3 rings (SSSR count). The maximum atomic E-state index is 12.4. The Morgan fingerprint density at radius 2 is 1.87 bits per heavy atom. The van der Waals surface area contributed by atoms with E-state index in [0.29, 0.717) is 27.8 Å². The van der Waals surface area contributed by atoms with Crippen LogP contribution in [-0.4, -0.2) is 26.8 Å². The lowest BCUT2D eigenvalue weighted by molar-refractivity contribution is -0.138. The molecule has 0 fully saturated rings. The molecular formula is C22H18F2O7. The van der Waals surface area contributed by atoms with Crippen molar-refractivity contribution >= 4 is 23.0 Å². The van der Waals surface area contributed by atoms with E-state index < -0.39 is 18.2 Å². The molecule has 0 radical (unpaired) electrons. The van der Waals surface area contributed by atoms with Gasteiger partial charge in [-0.3, -0.25) is 0 Å². The molecule has 3 aromatic rings. The van der Waals surface area contributed by atoms with Gasteiger partial charge in [-0.1, -0.05) is 6.07 Å². The van der Waals surface area contributed by atoms with Crippen molar-refractivity contribution in [3.8, 4) is 17.2 Å². The molecule has 1 heterocycles. The highest BCUT2D eigenvalue weighted by atomic mass is 19.3. The summed E-state index contributed by atoms with van der Waals surface area (Å²) >= 11 is 0. The summed E-state index contributed by atoms with van der Waals surface area (Å²) in [5.74, 6) is -0.174. The Balaban J connectivity index is 1.70. The zero-order valence-corrected chi connectivity index (χ0v) is 16.6. The van der Waals surface area contributed by atoms with Gasteiger partial charge in [-0.05, 0) is 35.9 Å². The van der Waals surface area contributed by atoms with Crippen molar-refractivity contribution in [1.29, 1.82) is 0 Å². The van der Waals surface area contributed by atoms with Crippen LogP contribution in [0.15, 0.2) is 57.8 Å². The zero-order chi connectivity index (χ0) is 22.4. The van der Waals surface area contributed by atoms with Crippen LogP contribution >= 0.6 is 0 Å². The fourth-order valence-corrected chi connectivity index (χ4v) is 2.80. The Labute approximate surface area is 175 Å². The number of fused-ring (bicyclic) bond motifs is 1. The van der Waals surface area contributed by atoms with Crippen LogP contribution in [-0.2, 0) is 16.1 Å². The smallest absolute Gasteiger partial charge is 0.387 e. The van der Waals surface area contributed by atoms with E-state index in [9.17, 15) is 18.4 Å². The van der Waals surface area contributed by atoms with Gasteiger partial charge in [0.25, 0.3) is 0 Å². The van der Waals surface area contributed by atoms with E-state index in [0.717, 1.165) is 0 Å². The molecule has 0 aliphatic carbocycles. The number of alkyl halides is 2. The fraction of sp³-hybridized carbons (Fsp3) is 0.182. The Kier molecular flexibility index (Phi) is 6.86. The number of methoxy groups -OCH3 is 2. The summed E-state index contributed by atoms with van der Waals surface area (Å²) in [6, 6.07) is 10.4. The minimum absolute atomic E-state index is 0.0914. The summed E-state index contributed by atoms with van der Waals surface area (Å²) in [6.45, 7) is -3.13. The molecule has 0 unspecified atom stereocenters. The molecule has 1 aromatic heterocycles. The molecule has 9 heteroatoms. The maximum absolute atomic E-state index is 12.4. The third kappa shape index (κ3) is 5.59. The third-order valence-electron chi connectivity index (χ3n) is 4.22. The number of carbonyl (C=O) groups is 1. The first-order valence-electron chi connectivity index (χ1n) is 8.98. The Morgan fingerprint density at radius 3 is 2.58 bits per heavy atom. The SMILES string of the molecule is COc1ccc2c(COC(=O)C=Cc3ccc(OC(F)F)c(OC)c3)cc(=O)oc2c1. The van der Waals surface area contributed by atoms with Crippen molar-refractivity contribution in [2.24, 2.45) is 0 Å². The van der Waals surface area contributed by atoms with Gasteiger partial charge in [-0.15, -0.1) is 0 Å². The standard InChI is InChI=1S/C22H18F2O7/c1-27-15-5-6-16-14(10-21(26)30-18(16)11-15)12-29-20(25)8-4-13-3-7-17(31-22(23)24)19(9-13)28-2/h3-11,22H,12H2,1-2H3. The average molecular weight is 432 g/mol. The predicted molar refractivity (Wildman–Crippen MR) is 107 cm³/mol. The molecular weight excluding hydrogens is 414 g/mol. The molecule has 7 nitrogen and oxygen atoms in total. The molecule has 0 aliphatic heterocycles. The average Bonchev–Trinajstić information content (AvgIpc) is 2.75. The third-order valence-corrected chi connectivity index (χ3v) is 4.22. The number of rotatable bonds is 8. The summed E-state index contributed by atoms with van der Waals surface area (Å²) in [5.41, 5.74) is 0.714. The number of esters is 1. The highest BCUT2D eigenvalue weighted by Crippen LogP contribution is 2.30. The predicted octanol–water partition coefficient (Wildman–Crippen LogP) is 4.17. The van der Waals surface area contributed by atoms with E-state index in [1.165, 1.54) is 50.6 Å². The zero-order valence-electron chi connectivity index (χ0n) is 16.6. The van der Waals surface area contributed by atoms with Crippen LogP contribution in [0.3, 0.4) is 0 Å². The van der Waals surface area contributed by atoms with Gasteiger partial charge in [0, 0.05) is 29.2 Å². The lowest BCUT2D eigenvalue weighted by Gasteiger charge is -2.10. The van der Waals surface area contributed by atoms with Crippen LogP contribution in [0.1, 0.15) is 11.1 Å². The topological polar surface area (TPSA) is 84.2 Å². The summed E-state index contributed by atoms with van der Waals surface area (Å²) < 4.78 is 49.6. The summed E-state index contributed by atoms with van der Waals surface area (Å²) in [7, 11) is 2.80. The monoisotopic (exact) mass is 432 g/mol. The number of ether oxygens (including phenoxy) is 4. The molecule has 162 valence electrons. The van der Waals surface area contributed by atoms with E-state index >= 15 is 0 Å². The number of benzene rings is 2. The highest BCUT2D eigenvalue weighted by Gasteiger charge is 2.11. The van der Waals surface area contributed by atoms with Gasteiger partial charge < -0.3 is 23.4 Å². The molecule has 0 N–H and O–H groups in total. The lowest BCUT2D eigenvalue weighted by atomic mass is 10.1. The van der Waals surface area contributed by atoms with Crippen molar-refractivity contribution in [1.82, 2.24) is 0 Å². The van der Waals surface area contributed by atoms with Crippen molar-refractivity contribution in [2.45, 2.75) is 13.2 Å². The second-order valence-corrected chi connectivity index (χ2v) is 6.18. The van der Waals surface area contributed by atoms with Crippen molar-refractivity contribution in [3.63, 3.8) is 0 Å². The van der Waals surface area contributed by atoms with Gasteiger partial charge in [0.05, 0.1) is 14.2 Å². The minimum Gasteiger partial charge on any atom is -0.497 e. The van der Waals surface area contributed by atoms with Crippen LogP contribution in [0.25, 0.3) is 17.0 Å². The van der Waals surface area contributed by atoms with Crippen molar-refractivity contribution < 1.29 is 36.9 Å². The normalized spacial score (nSPS) is 11.1. The number of halogens is 2. The quantitative estimate of drug-likeness (QED) is 0.300. The van der Waals surface area contributed by atoms with E-state index in [1.54, 1.807) is 18.2 Å². The first kappa shape index (κ1) is 21.8. The maximum Gasteiger partial charge on any atom is 0.387 e. The summed E-state index contributed by atoms with van der Waals surface area (Å²) in [4.78, 5) is 23.9. The van der Waals surface area contributed by atoms with Crippen molar-refractivity contribution in [2.75, 3.05) is 14.2 Å². The number of hydrogen-bond donors (Lipinski definition) is 0. The van der Waals surface area contributed by atoms with Gasteiger partial charge >= 0.3 is 18.2 Å². The van der Waals surface area contributed by atoms with E-state index in [-0.39, 0.29) is 18.1 Å². The van der Waals surface area contributed by atoms with Crippen molar-refractivity contribution in [3.05, 3.63) is 70.1 Å². The fourth-order valence-electron chi connectivity index (χ4n) is 2.80. The van der Waals surface area contributed by atoms with Crippen LogP contribution in [0.2, 0.25) is 0 Å². The minimum atomic E-state index is -2.98. The van der Waals surface area contributed by atoms with Gasteiger partial charge in [-0.25, -0.2) is 9.59 Å². The second-order valence-electron chi connectivity index (χ2n) is 6.18. The molecule has 0 aliphatic rings. The number of carbonyl (C=O) groups excluding carboxylic acids is 1. The first-order valence-corrected chi connectivity index (χ1v) is 8.98. The van der Waals surface area contributed by atoms with E-state index in [4.69, 9.17) is 18.6 Å². The molecule has 2 aromatic carbocycles. The molecule has 0 spiro atoms. The highest BCUT2D eigenvalue weighted by molar-refractivity contribution is 5.87. The van der Waals surface area contributed by atoms with Gasteiger partial charge in [0.2, 0.25) is 0 Å². The lowest BCUT2D eigenvalue weighted by Crippen LogP contribution is -2.05. The largest absolute Gasteiger partial charge is 0.497 e. The molecule has 0 atom stereocenters. The molecule has 0 amide bonds. The van der Waals surface area contributed by atoms with Crippen LogP contribution < -0.4 is 19.8 Å². The van der Waals surface area contributed by atoms with E-state index in [2.05, 4.69) is 4.74 Å². The summed E-state index contributed by atoms with van der Waals surface area (Å²) in [5, 5.41) is 0.608. The first-order chi connectivity index (χ1) is 14.9. The Bertz CT molecular complexity index is 1170. The van der Waals surface area contributed by atoms with Crippen LogP contribution in [0.4, 0.5) is 8.78 Å². The van der Waals surface area contributed by atoms with E-state index in [1.807, 2.05) is 0 Å². The van der Waals surface area contributed by atoms with Gasteiger partial charge in [0.1, 0.15) is 17.9 Å². The van der Waals surface area contributed by atoms with Crippen LogP contribution in [0, 0.1) is 0 Å². The van der Waals surface area contributed by atoms with Gasteiger partial charge in [0.15, 0.2) is 11.5 Å².